The number of carbonyl (C=O) groups excluding carboxylic acids is 1. The molecule has 1 fully saturated rings. The Labute approximate surface area is 101 Å². The van der Waals surface area contributed by atoms with Crippen LogP contribution in [0.3, 0.4) is 0 Å². The normalized spacial score (nSPS) is 34.2. The number of hydrogen-bond acceptors (Lipinski definition) is 3. The van der Waals surface area contributed by atoms with Gasteiger partial charge in [0.25, 0.3) is 0 Å². The molecule has 1 heterocycles. The predicted octanol–water partition coefficient (Wildman–Crippen LogP) is 2.35. The third-order valence-corrected chi connectivity index (χ3v) is 4.01. The van der Waals surface area contributed by atoms with Crippen molar-refractivity contribution >= 4 is 5.97 Å². The minimum absolute atomic E-state index is 0.255. The van der Waals surface area contributed by atoms with Gasteiger partial charge < -0.3 is 9.47 Å². The molecule has 1 saturated heterocycles. The van der Waals surface area contributed by atoms with Gasteiger partial charge in [0.15, 0.2) is 6.10 Å². The third kappa shape index (κ3) is 1.42. The van der Waals surface area contributed by atoms with Crippen molar-refractivity contribution in [3.63, 3.8) is 0 Å². The molecule has 17 heavy (non-hydrogen) atoms. The summed E-state index contributed by atoms with van der Waals surface area (Å²) in [5.41, 5.74) is 2.09. The summed E-state index contributed by atoms with van der Waals surface area (Å²) in [6.07, 6.45) is 1.57. The van der Waals surface area contributed by atoms with Crippen LogP contribution in [0.5, 0.6) is 0 Å². The zero-order valence-corrected chi connectivity index (χ0v) is 10.1. The summed E-state index contributed by atoms with van der Waals surface area (Å²) >= 11 is 0. The van der Waals surface area contributed by atoms with E-state index in [0.29, 0.717) is 5.92 Å². The SMILES string of the molecule is COC(=O)C1OC12CCC(C)c1ccccc12. The van der Waals surface area contributed by atoms with Crippen LogP contribution in [0.4, 0.5) is 0 Å². The van der Waals surface area contributed by atoms with Gasteiger partial charge in [-0.05, 0) is 29.9 Å². The molecule has 0 radical (unpaired) electrons. The maximum absolute atomic E-state index is 11.6. The van der Waals surface area contributed by atoms with E-state index in [9.17, 15) is 4.79 Å². The lowest BCUT2D eigenvalue weighted by atomic mass is 9.75. The highest BCUT2D eigenvalue weighted by Crippen LogP contribution is 2.56. The molecule has 0 N–H and O–H groups in total. The Morgan fingerprint density at radius 2 is 2.24 bits per heavy atom. The molecule has 3 nitrogen and oxygen atoms in total. The lowest BCUT2D eigenvalue weighted by molar-refractivity contribution is -0.142. The minimum atomic E-state index is -0.402. The van der Waals surface area contributed by atoms with E-state index in [1.807, 2.05) is 12.1 Å². The van der Waals surface area contributed by atoms with Gasteiger partial charge in [-0.2, -0.15) is 0 Å². The second-order valence-corrected chi connectivity index (χ2v) is 4.94. The molecule has 0 amide bonds. The summed E-state index contributed by atoms with van der Waals surface area (Å²) < 4.78 is 10.5. The standard InChI is InChI=1S/C14H16O3/c1-9-7-8-14(12(17-14)13(15)16-2)11-6-4-3-5-10(9)11/h3-6,9,12H,7-8H2,1-2H3. The van der Waals surface area contributed by atoms with E-state index in [2.05, 4.69) is 19.1 Å². The molecule has 1 aliphatic heterocycles. The van der Waals surface area contributed by atoms with Gasteiger partial charge in [-0.15, -0.1) is 0 Å². The van der Waals surface area contributed by atoms with E-state index in [0.717, 1.165) is 12.8 Å². The summed E-state index contributed by atoms with van der Waals surface area (Å²) in [4.78, 5) is 11.6. The summed E-state index contributed by atoms with van der Waals surface area (Å²) in [5.74, 6) is 0.286. The maximum atomic E-state index is 11.6. The van der Waals surface area contributed by atoms with Crippen LogP contribution in [0, 0.1) is 0 Å². The Morgan fingerprint density at radius 3 is 3.00 bits per heavy atom. The van der Waals surface area contributed by atoms with Crippen LogP contribution in [0.25, 0.3) is 0 Å². The monoisotopic (exact) mass is 232 g/mol. The Kier molecular flexibility index (Phi) is 2.26. The summed E-state index contributed by atoms with van der Waals surface area (Å²) in [6, 6.07) is 8.27. The van der Waals surface area contributed by atoms with Gasteiger partial charge >= 0.3 is 5.97 Å². The van der Waals surface area contributed by atoms with Crippen LogP contribution in [0.2, 0.25) is 0 Å². The first-order valence-electron chi connectivity index (χ1n) is 6.04. The molecule has 1 aromatic rings. The quantitative estimate of drug-likeness (QED) is 0.551. The molecule has 0 bridgehead atoms. The lowest BCUT2D eigenvalue weighted by Gasteiger charge is -2.27. The second kappa shape index (κ2) is 3.57. The minimum Gasteiger partial charge on any atom is -0.467 e. The fraction of sp³-hybridized carbons (Fsp3) is 0.500. The van der Waals surface area contributed by atoms with Crippen molar-refractivity contribution in [3.05, 3.63) is 35.4 Å². The van der Waals surface area contributed by atoms with E-state index in [4.69, 9.17) is 9.47 Å². The fourth-order valence-corrected chi connectivity index (χ4v) is 2.95. The van der Waals surface area contributed by atoms with Crippen LogP contribution in [-0.2, 0) is 19.9 Å². The van der Waals surface area contributed by atoms with E-state index in [1.54, 1.807) is 0 Å². The first kappa shape index (κ1) is 10.8. The highest BCUT2D eigenvalue weighted by molar-refractivity contribution is 5.80. The molecular weight excluding hydrogens is 216 g/mol. The van der Waals surface area contributed by atoms with Crippen LogP contribution in [0.1, 0.15) is 36.8 Å². The molecule has 3 unspecified atom stereocenters. The number of fused-ring (bicyclic) bond motifs is 2. The average Bonchev–Trinajstić information content (AvgIpc) is 3.09. The molecule has 3 atom stereocenters. The van der Waals surface area contributed by atoms with Gasteiger partial charge in [-0.25, -0.2) is 4.79 Å². The van der Waals surface area contributed by atoms with Crippen molar-refractivity contribution in [1.82, 2.24) is 0 Å². The Balaban J connectivity index is 2.01. The number of epoxide rings is 1. The second-order valence-electron chi connectivity index (χ2n) is 4.94. The van der Waals surface area contributed by atoms with Crippen LogP contribution in [-0.4, -0.2) is 19.2 Å². The molecule has 1 aliphatic carbocycles. The van der Waals surface area contributed by atoms with Crippen LogP contribution < -0.4 is 0 Å². The number of hydrogen-bond donors (Lipinski definition) is 0. The molecular formula is C14H16O3. The van der Waals surface area contributed by atoms with Crippen molar-refractivity contribution in [2.45, 2.75) is 37.4 Å². The van der Waals surface area contributed by atoms with Gasteiger partial charge in [0, 0.05) is 0 Å². The summed E-state index contributed by atoms with van der Waals surface area (Å²) in [6.45, 7) is 2.22. The van der Waals surface area contributed by atoms with Gasteiger partial charge in [0.1, 0.15) is 5.60 Å². The molecule has 90 valence electrons. The zero-order chi connectivity index (χ0) is 12.0. The number of carbonyl (C=O) groups is 1. The van der Waals surface area contributed by atoms with Crippen LogP contribution in [0.15, 0.2) is 24.3 Å². The Morgan fingerprint density at radius 1 is 1.47 bits per heavy atom. The van der Waals surface area contributed by atoms with Crippen LogP contribution >= 0.6 is 0 Å². The van der Waals surface area contributed by atoms with Crippen molar-refractivity contribution < 1.29 is 14.3 Å². The van der Waals surface area contributed by atoms with Gasteiger partial charge in [-0.1, -0.05) is 31.2 Å². The van der Waals surface area contributed by atoms with Gasteiger partial charge in [0.2, 0.25) is 0 Å². The molecule has 3 heteroatoms. The number of esters is 1. The highest BCUT2D eigenvalue weighted by Gasteiger charge is 2.64. The number of rotatable bonds is 1. The topological polar surface area (TPSA) is 38.8 Å². The Hall–Kier alpha value is -1.35. The van der Waals surface area contributed by atoms with E-state index >= 15 is 0 Å². The maximum Gasteiger partial charge on any atom is 0.338 e. The molecule has 0 saturated carbocycles. The molecule has 3 rings (SSSR count). The first-order chi connectivity index (χ1) is 8.19. The molecule has 0 aromatic heterocycles. The average molecular weight is 232 g/mol. The third-order valence-electron chi connectivity index (χ3n) is 4.01. The first-order valence-corrected chi connectivity index (χ1v) is 6.04. The van der Waals surface area contributed by atoms with E-state index in [1.165, 1.54) is 18.2 Å². The van der Waals surface area contributed by atoms with Crippen molar-refractivity contribution in [1.29, 1.82) is 0 Å². The molecule has 2 aliphatic rings. The van der Waals surface area contributed by atoms with Crippen molar-refractivity contribution in [3.8, 4) is 0 Å². The summed E-state index contributed by atoms with van der Waals surface area (Å²) in [7, 11) is 1.41. The predicted molar refractivity (Wildman–Crippen MR) is 62.7 cm³/mol. The zero-order valence-electron chi connectivity index (χ0n) is 10.1. The number of ether oxygens (including phenoxy) is 2. The largest absolute Gasteiger partial charge is 0.467 e. The number of benzene rings is 1. The van der Waals surface area contributed by atoms with Gasteiger partial charge in [0.05, 0.1) is 7.11 Å². The van der Waals surface area contributed by atoms with E-state index in [-0.39, 0.29) is 5.97 Å². The van der Waals surface area contributed by atoms with Crippen molar-refractivity contribution in [2.75, 3.05) is 7.11 Å². The van der Waals surface area contributed by atoms with E-state index < -0.39 is 11.7 Å². The Bertz CT molecular complexity index is 468. The fourth-order valence-electron chi connectivity index (χ4n) is 2.95. The highest BCUT2D eigenvalue weighted by atomic mass is 16.7. The summed E-state index contributed by atoms with van der Waals surface area (Å²) in [5, 5.41) is 0. The van der Waals surface area contributed by atoms with Crippen molar-refractivity contribution in [2.24, 2.45) is 0 Å². The smallest absolute Gasteiger partial charge is 0.338 e. The van der Waals surface area contributed by atoms with Gasteiger partial charge in [-0.3, -0.25) is 0 Å². The lowest BCUT2D eigenvalue weighted by Crippen LogP contribution is -2.26. The molecule has 1 aromatic carbocycles. The molecule has 1 spiro atoms. The number of methoxy groups -OCH3 is 1.